The molecule has 0 atom stereocenters. The van der Waals surface area contributed by atoms with Gasteiger partial charge in [0.05, 0.1) is 38.0 Å². The monoisotopic (exact) mass is 745 g/mol. The Morgan fingerprint density at radius 3 is 1.86 bits per heavy atom. The number of benzene rings is 7. The van der Waals surface area contributed by atoms with Crippen LogP contribution in [-0.2, 0) is 0 Å². The van der Waals surface area contributed by atoms with Gasteiger partial charge in [0, 0.05) is 55.5 Å². The van der Waals surface area contributed by atoms with Crippen LogP contribution in [-0.4, -0.2) is 24.1 Å². The highest BCUT2D eigenvalue weighted by Crippen LogP contribution is 2.42. The number of aromatic nitrogens is 5. The molecule has 0 unspecified atom stereocenters. The van der Waals surface area contributed by atoms with Gasteiger partial charge in [-0.05, 0) is 82.7 Å². The molecule has 12 rings (SSSR count). The van der Waals surface area contributed by atoms with Crippen molar-refractivity contribution in [1.82, 2.24) is 24.1 Å². The lowest BCUT2D eigenvalue weighted by molar-refractivity contribution is 1.02. The first-order valence-electron chi connectivity index (χ1n) is 19.1. The molecule has 6 heteroatoms. The summed E-state index contributed by atoms with van der Waals surface area (Å²) in [5.74, 6) is 0.652. The third-order valence-corrected chi connectivity index (χ3v) is 12.4. The summed E-state index contributed by atoms with van der Waals surface area (Å²) in [7, 11) is 0. The Morgan fingerprint density at radius 2 is 1.07 bits per heavy atom. The van der Waals surface area contributed by atoms with Gasteiger partial charge in [-0.1, -0.05) is 115 Å². The number of thiophene rings is 1. The first-order chi connectivity index (χ1) is 28.3. The van der Waals surface area contributed by atoms with Gasteiger partial charge in [-0.2, -0.15) is 0 Å². The second-order valence-electron chi connectivity index (χ2n) is 14.5. The van der Waals surface area contributed by atoms with Gasteiger partial charge in [-0.25, -0.2) is 9.97 Å². The molecule has 0 amide bonds. The van der Waals surface area contributed by atoms with E-state index in [1.54, 1.807) is 11.3 Å². The minimum absolute atomic E-state index is 0.652. The smallest absolute Gasteiger partial charge is 0.235 e. The normalized spacial score (nSPS) is 11.9. The molecule has 7 aromatic carbocycles. The van der Waals surface area contributed by atoms with Crippen molar-refractivity contribution in [1.29, 1.82) is 0 Å². The number of nitrogens with zero attached hydrogens (tertiary/aromatic N) is 5. The number of fused-ring (bicyclic) bond motifs is 9. The van der Waals surface area contributed by atoms with Crippen LogP contribution >= 0.6 is 11.3 Å². The van der Waals surface area contributed by atoms with E-state index in [9.17, 15) is 0 Å². The molecule has 0 radical (unpaired) electrons. The van der Waals surface area contributed by atoms with Crippen LogP contribution in [0.1, 0.15) is 0 Å². The molecular formula is C51H31N5S. The maximum absolute atomic E-state index is 5.45. The average Bonchev–Trinajstić information content (AvgIpc) is 3.97. The van der Waals surface area contributed by atoms with E-state index in [0.717, 1.165) is 65.0 Å². The van der Waals surface area contributed by atoms with Crippen LogP contribution in [0.2, 0.25) is 0 Å². The topological polar surface area (TPSA) is 48.5 Å². The number of rotatable bonds is 5. The summed E-state index contributed by atoms with van der Waals surface area (Å²) in [6.45, 7) is 0. The van der Waals surface area contributed by atoms with E-state index in [4.69, 9.17) is 9.97 Å². The number of hydrogen-bond donors (Lipinski definition) is 0. The third-order valence-electron chi connectivity index (χ3n) is 11.2. The molecule has 0 fully saturated rings. The predicted molar refractivity (Wildman–Crippen MR) is 238 cm³/mol. The molecule has 0 aliphatic heterocycles. The van der Waals surface area contributed by atoms with E-state index in [1.807, 2.05) is 12.4 Å². The van der Waals surface area contributed by atoms with Crippen molar-refractivity contribution in [2.75, 3.05) is 0 Å². The molecule has 0 aliphatic carbocycles. The summed E-state index contributed by atoms with van der Waals surface area (Å²) in [5, 5.41) is 7.14. The minimum Gasteiger partial charge on any atom is -0.309 e. The van der Waals surface area contributed by atoms with Crippen LogP contribution in [0.15, 0.2) is 188 Å². The summed E-state index contributed by atoms with van der Waals surface area (Å²) in [4.78, 5) is 16.2. The van der Waals surface area contributed by atoms with Crippen LogP contribution in [0.5, 0.6) is 0 Å². The maximum atomic E-state index is 5.45. The van der Waals surface area contributed by atoms with Crippen molar-refractivity contribution >= 4 is 75.9 Å². The molecular weight excluding hydrogens is 715 g/mol. The van der Waals surface area contributed by atoms with Crippen LogP contribution in [0.4, 0.5) is 0 Å². The lowest BCUT2D eigenvalue weighted by Crippen LogP contribution is -2.03. The summed E-state index contributed by atoms with van der Waals surface area (Å²) >= 11 is 1.73. The van der Waals surface area contributed by atoms with Crippen molar-refractivity contribution < 1.29 is 0 Å². The Hall–Kier alpha value is -7.41. The first kappa shape index (κ1) is 31.9. The van der Waals surface area contributed by atoms with Crippen molar-refractivity contribution in [3.63, 3.8) is 0 Å². The zero-order valence-electron chi connectivity index (χ0n) is 30.5. The summed E-state index contributed by atoms with van der Waals surface area (Å²) in [6, 6.07) is 63.0. The van der Waals surface area contributed by atoms with Crippen LogP contribution in [0, 0.1) is 0 Å². The van der Waals surface area contributed by atoms with E-state index < -0.39 is 0 Å². The molecule has 5 heterocycles. The molecule has 5 nitrogen and oxygen atoms in total. The molecule has 0 aliphatic rings. The highest BCUT2D eigenvalue weighted by molar-refractivity contribution is 7.22. The largest absolute Gasteiger partial charge is 0.309 e. The molecule has 57 heavy (non-hydrogen) atoms. The van der Waals surface area contributed by atoms with Crippen molar-refractivity contribution in [2.45, 2.75) is 0 Å². The average molecular weight is 746 g/mol. The van der Waals surface area contributed by atoms with Gasteiger partial charge >= 0.3 is 0 Å². The zero-order valence-corrected chi connectivity index (χ0v) is 31.4. The van der Waals surface area contributed by atoms with E-state index in [2.05, 4.69) is 190 Å². The second kappa shape index (κ2) is 12.6. The first-order valence-corrected chi connectivity index (χ1v) is 19.9. The van der Waals surface area contributed by atoms with Crippen LogP contribution in [0.25, 0.3) is 109 Å². The van der Waals surface area contributed by atoms with E-state index in [1.165, 1.54) is 38.1 Å². The lowest BCUT2D eigenvalue weighted by Gasteiger charge is -2.11. The molecule has 12 aromatic rings. The van der Waals surface area contributed by atoms with Crippen molar-refractivity contribution in [3.05, 3.63) is 188 Å². The second-order valence-corrected chi connectivity index (χ2v) is 15.5. The predicted octanol–water partition coefficient (Wildman–Crippen LogP) is 13.4. The van der Waals surface area contributed by atoms with Gasteiger partial charge < -0.3 is 4.57 Å². The summed E-state index contributed by atoms with van der Waals surface area (Å²) in [6.07, 6.45) is 3.68. The molecule has 5 aromatic heterocycles. The Kier molecular flexibility index (Phi) is 7.03. The van der Waals surface area contributed by atoms with Gasteiger partial charge in [0.25, 0.3) is 0 Å². The van der Waals surface area contributed by atoms with Gasteiger partial charge in [-0.3, -0.25) is 9.55 Å². The minimum atomic E-state index is 0.652. The highest BCUT2D eigenvalue weighted by Gasteiger charge is 2.22. The summed E-state index contributed by atoms with van der Waals surface area (Å²) in [5.41, 5.74) is 12.1. The van der Waals surface area contributed by atoms with Crippen LogP contribution in [0.3, 0.4) is 0 Å². The Bertz CT molecular complexity index is 3510. The Morgan fingerprint density at radius 1 is 0.421 bits per heavy atom. The highest BCUT2D eigenvalue weighted by atomic mass is 32.1. The van der Waals surface area contributed by atoms with Crippen molar-refractivity contribution in [3.8, 4) is 44.5 Å². The van der Waals surface area contributed by atoms with Gasteiger partial charge in [0.1, 0.15) is 0 Å². The zero-order chi connectivity index (χ0) is 37.5. The van der Waals surface area contributed by atoms with E-state index >= 15 is 0 Å². The molecule has 266 valence electrons. The molecule has 0 saturated heterocycles. The summed E-state index contributed by atoms with van der Waals surface area (Å²) < 4.78 is 5.71. The number of hydrogen-bond acceptors (Lipinski definition) is 4. The third kappa shape index (κ3) is 4.98. The van der Waals surface area contributed by atoms with E-state index in [-0.39, 0.29) is 0 Å². The number of para-hydroxylation sites is 2. The molecule has 0 bridgehead atoms. The molecule has 0 spiro atoms. The van der Waals surface area contributed by atoms with Gasteiger partial charge in [-0.15, -0.1) is 11.3 Å². The lowest BCUT2D eigenvalue weighted by atomic mass is 10.00. The standard InChI is InChI=1S/C51H31N5S/c1-3-12-34(13-4-1)48-50-43(31-47(57-50)33-25-27-52-28-26-33)53-51(54-48)56-46-24-21-36(30-42(46)40-22-19-32-11-7-8-16-38(32)49(40)56)35-20-23-45-41(29-35)39-17-9-10-18-44(39)55(45)37-14-5-2-6-15-37/h1-31H. The fraction of sp³-hybridized carbons (Fsp3) is 0. The maximum Gasteiger partial charge on any atom is 0.235 e. The fourth-order valence-electron chi connectivity index (χ4n) is 8.64. The number of pyridine rings is 1. The Labute approximate surface area is 331 Å². The van der Waals surface area contributed by atoms with Crippen LogP contribution < -0.4 is 0 Å². The van der Waals surface area contributed by atoms with Crippen molar-refractivity contribution in [2.24, 2.45) is 0 Å². The molecule has 0 N–H and O–H groups in total. The molecule has 0 saturated carbocycles. The van der Waals surface area contributed by atoms with E-state index in [0.29, 0.717) is 5.95 Å². The van der Waals surface area contributed by atoms with Gasteiger partial charge in [0.15, 0.2) is 0 Å². The Balaban J connectivity index is 1.11. The van der Waals surface area contributed by atoms with Gasteiger partial charge in [0.2, 0.25) is 5.95 Å². The SMILES string of the molecule is c1ccc(-c2nc(-n3c4ccc(-c5ccc6c(c5)c5ccccc5n6-c5ccccc5)cc4c4ccc5ccccc5c43)nc3cc(-c4ccncc4)sc23)cc1. The quantitative estimate of drug-likeness (QED) is 0.176. The fourth-order valence-corrected chi connectivity index (χ4v) is 9.76.